The molecule has 2 rings (SSSR count). The van der Waals surface area contributed by atoms with Gasteiger partial charge in [0.05, 0.1) is 6.54 Å². The zero-order valence-electron chi connectivity index (χ0n) is 9.99. The highest BCUT2D eigenvalue weighted by atomic mass is 35.5. The lowest BCUT2D eigenvalue weighted by Gasteiger charge is -2.08. The van der Waals surface area contributed by atoms with Crippen molar-refractivity contribution in [1.82, 2.24) is 4.90 Å². The van der Waals surface area contributed by atoms with Gasteiger partial charge >= 0.3 is 0 Å². The summed E-state index contributed by atoms with van der Waals surface area (Å²) in [6, 6.07) is 6.70. The van der Waals surface area contributed by atoms with Crippen LogP contribution in [0.15, 0.2) is 18.2 Å². The molecule has 1 aromatic rings. The fraction of sp³-hybridized carbons (Fsp3) is 0.500. The highest BCUT2D eigenvalue weighted by Gasteiger charge is 2.18. The van der Waals surface area contributed by atoms with Crippen molar-refractivity contribution in [3.63, 3.8) is 0 Å². The van der Waals surface area contributed by atoms with Gasteiger partial charge in [-0.15, -0.1) is 11.6 Å². The van der Waals surface area contributed by atoms with Crippen LogP contribution in [0.5, 0.6) is 0 Å². The number of halogens is 1. The number of unbranched alkanes of at least 4 members (excludes halogenated alkanes) is 1. The van der Waals surface area contributed by atoms with E-state index in [0.29, 0.717) is 6.54 Å². The molecule has 1 aliphatic rings. The number of fused-ring (bicyclic) bond motifs is 1. The molecule has 0 radical (unpaired) electrons. The summed E-state index contributed by atoms with van der Waals surface area (Å²) in [6.07, 6.45) is 4.32. The first-order chi connectivity index (χ1) is 8.33. The van der Waals surface area contributed by atoms with Crippen molar-refractivity contribution < 1.29 is 4.79 Å². The van der Waals surface area contributed by atoms with Crippen molar-refractivity contribution in [3.05, 3.63) is 34.9 Å². The van der Waals surface area contributed by atoms with Gasteiger partial charge in [-0.25, -0.2) is 0 Å². The zero-order valence-corrected chi connectivity index (χ0v) is 10.7. The van der Waals surface area contributed by atoms with Crippen LogP contribution in [0.3, 0.4) is 0 Å². The Morgan fingerprint density at radius 1 is 1.24 bits per heavy atom. The van der Waals surface area contributed by atoms with Crippen LogP contribution in [0.1, 0.15) is 29.5 Å². The van der Waals surface area contributed by atoms with Gasteiger partial charge in [-0.3, -0.25) is 4.90 Å². The molecule has 0 bridgehead atoms. The lowest BCUT2D eigenvalue weighted by atomic mass is 10.0. The van der Waals surface area contributed by atoms with E-state index in [2.05, 4.69) is 23.1 Å². The van der Waals surface area contributed by atoms with Crippen LogP contribution in [-0.4, -0.2) is 23.6 Å². The third-order valence-electron chi connectivity index (χ3n) is 3.24. The molecule has 0 spiro atoms. The highest BCUT2D eigenvalue weighted by Crippen LogP contribution is 2.23. The summed E-state index contributed by atoms with van der Waals surface area (Å²) in [5, 5.41) is 0. The molecule has 0 fully saturated rings. The summed E-state index contributed by atoms with van der Waals surface area (Å²) < 4.78 is 0. The van der Waals surface area contributed by atoms with Gasteiger partial charge in [0.25, 0.3) is 0 Å². The fourth-order valence-electron chi connectivity index (χ4n) is 2.33. The Bertz CT molecular complexity index is 392. The number of nitrogens with zero attached hydrogens (tertiary/aromatic N) is 1. The Kier molecular flexibility index (Phi) is 4.57. The van der Waals surface area contributed by atoms with Crippen LogP contribution in [0.4, 0.5) is 0 Å². The molecule has 0 N–H and O–H groups in total. The molecule has 0 amide bonds. The highest BCUT2D eigenvalue weighted by molar-refractivity contribution is 6.17. The van der Waals surface area contributed by atoms with E-state index in [-0.39, 0.29) is 0 Å². The molecule has 0 saturated carbocycles. The lowest BCUT2D eigenvalue weighted by Crippen LogP contribution is -2.18. The Morgan fingerprint density at radius 2 is 2.06 bits per heavy atom. The summed E-state index contributed by atoms with van der Waals surface area (Å²) in [6.45, 7) is 2.36. The lowest BCUT2D eigenvalue weighted by molar-refractivity contribution is -0.108. The van der Waals surface area contributed by atoms with Crippen molar-refractivity contribution in [2.24, 2.45) is 0 Å². The van der Waals surface area contributed by atoms with E-state index in [9.17, 15) is 4.79 Å². The van der Waals surface area contributed by atoms with Crippen LogP contribution in [0.2, 0.25) is 0 Å². The number of hydrogen-bond acceptors (Lipinski definition) is 2. The Labute approximate surface area is 108 Å². The minimum Gasteiger partial charge on any atom is -0.302 e. The minimum absolute atomic E-state index is 0.538. The van der Waals surface area contributed by atoms with Crippen molar-refractivity contribution in [2.45, 2.75) is 32.4 Å². The van der Waals surface area contributed by atoms with Crippen LogP contribution < -0.4 is 0 Å². The van der Waals surface area contributed by atoms with Crippen molar-refractivity contribution >= 4 is 17.9 Å². The van der Waals surface area contributed by atoms with Gasteiger partial charge in [0, 0.05) is 19.0 Å². The second-order valence-corrected chi connectivity index (χ2v) is 4.96. The third kappa shape index (κ3) is 3.30. The molecule has 1 aromatic carbocycles. The second-order valence-electron chi connectivity index (χ2n) is 4.59. The molecule has 1 aliphatic heterocycles. The first-order valence-electron chi connectivity index (χ1n) is 6.16. The van der Waals surface area contributed by atoms with Gasteiger partial charge < -0.3 is 4.79 Å². The normalized spacial score (nSPS) is 14.9. The molecule has 2 nitrogen and oxygen atoms in total. The van der Waals surface area contributed by atoms with Gasteiger partial charge in [0.1, 0.15) is 6.29 Å². The van der Waals surface area contributed by atoms with Gasteiger partial charge in [-0.1, -0.05) is 18.2 Å². The number of carbonyl (C=O) groups is 1. The third-order valence-corrected chi connectivity index (χ3v) is 3.51. The molecule has 0 saturated heterocycles. The maximum atomic E-state index is 10.5. The van der Waals surface area contributed by atoms with Crippen LogP contribution in [-0.2, 0) is 24.3 Å². The Morgan fingerprint density at radius 3 is 2.82 bits per heavy atom. The van der Waals surface area contributed by atoms with Crippen molar-refractivity contribution in [3.8, 4) is 0 Å². The molecule has 3 heteroatoms. The standard InChI is InChI=1S/C14H18ClNO/c15-6-2-1-3-12-4-5-13-10-16(7-8-17)11-14(13)9-12/h4-5,8-9H,1-3,6-7,10-11H2. The second kappa shape index (κ2) is 6.18. The fourth-order valence-corrected chi connectivity index (χ4v) is 2.52. The van der Waals surface area contributed by atoms with E-state index < -0.39 is 0 Å². The molecular weight excluding hydrogens is 234 g/mol. The first kappa shape index (κ1) is 12.6. The average Bonchev–Trinajstić information content (AvgIpc) is 2.71. The van der Waals surface area contributed by atoms with E-state index >= 15 is 0 Å². The van der Waals surface area contributed by atoms with Gasteiger partial charge in [-0.05, 0) is 36.0 Å². The van der Waals surface area contributed by atoms with Crippen LogP contribution in [0, 0.1) is 0 Å². The molecule has 0 aromatic heterocycles. The largest absolute Gasteiger partial charge is 0.302 e. The van der Waals surface area contributed by atoms with Gasteiger partial charge in [0.15, 0.2) is 0 Å². The predicted octanol–water partition coefficient (Wildman–Crippen LogP) is 2.76. The minimum atomic E-state index is 0.538. The molecule has 0 unspecified atom stereocenters. The number of aryl methyl sites for hydroxylation is 1. The number of aldehydes is 1. The first-order valence-corrected chi connectivity index (χ1v) is 6.69. The molecule has 1 heterocycles. The maximum absolute atomic E-state index is 10.5. The molecule has 92 valence electrons. The molecule has 17 heavy (non-hydrogen) atoms. The Balaban J connectivity index is 1.97. The number of benzene rings is 1. The van der Waals surface area contributed by atoms with E-state index in [0.717, 1.165) is 44.5 Å². The summed E-state index contributed by atoms with van der Waals surface area (Å²) >= 11 is 5.68. The van der Waals surface area contributed by atoms with E-state index in [4.69, 9.17) is 11.6 Å². The zero-order chi connectivity index (χ0) is 12.1. The van der Waals surface area contributed by atoms with Crippen molar-refractivity contribution in [2.75, 3.05) is 12.4 Å². The maximum Gasteiger partial charge on any atom is 0.134 e. The van der Waals surface area contributed by atoms with E-state index in [1.165, 1.54) is 16.7 Å². The molecule has 0 atom stereocenters. The van der Waals surface area contributed by atoms with Crippen LogP contribution in [0.25, 0.3) is 0 Å². The number of rotatable bonds is 6. The summed E-state index contributed by atoms with van der Waals surface area (Å²) in [7, 11) is 0. The number of carbonyl (C=O) groups excluding carboxylic acids is 1. The Hall–Kier alpha value is -0.860. The molecular formula is C14H18ClNO. The monoisotopic (exact) mass is 251 g/mol. The summed E-state index contributed by atoms with van der Waals surface area (Å²) in [4.78, 5) is 12.7. The predicted molar refractivity (Wildman–Crippen MR) is 70.3 cm³/mol. The quantitative estimate of drug-likeness (QED) is 0.440. The van der Waals surface area contributed by atoms with E-state index in [1.807, 2.05) is 0 Å². The van der Waals surface area contributed by atoms with Crippen LogP contribution >= 0.6 is 11.6 Å². The van der Waals surface area contributed by atoms with Crippen molar-refractivity contribution in [1.29, 1.82) is 0 Å². The topological polar surface area (TPSA) is 20.3 Å². The summed E-state index contributed by atoms with van der Waals surface area (Å²) in [5.74, 6) is 0.748. The average molecular weight is 252 g/mol. The smallest absolute Gasteiger partial charge is 0.134 e. The van der Waals surface area contributed by atoms with Gasteiger partial charge in [0.2, 0.25) is 0 Å². The van der Waals surface area contributed by atoms with E-state index in [1.54, 1.807) is 0 Å². The summed E-state index contributed by atoms with van der Waals surface area (Å²) in [5.41, 5.74) is 4.14. The number of alkyl halides is 1. The SMILES string of the molecule is O=CCN1Cc2ccc(CCCCCl)cc2C1. The van der Waals surface area contributed by atoms with Gasteiger partial charge in [-0.2, -0.15) is 0 Å². The number of hydrogen-bond donors (Lipinski definition) is 0. The molecule has 0 aliphatic carbocycles.